The van der Waals surface area contributed by atoms with Gasteiger partial charge < -0.3 is 14.7 Å². The zero-order valence-electron chi connectivity index (χ0n) is 12.0. The number of alkyl halides is 2. The van der Waals surface area contributed by atoms with Crippen LogP contribution in [-0.2, 0) is 4.74 Å². The average Bonchev–Trinajstić information content (AvgIpc) is 2.92. The number of pyridine rings is 1. The molecule has 3 rings (SSSR count). The third kappa shape index (κ3) is 2.90. The molecule has 22 heavy (non-hydrogen) atoms. The second-order valence-corrected chi connectivity index (χ2v) is 5.98. The smallest absolute Gasteiger partial charge is 0.407 e. The van der Waals surface area contributed by atoms with Gasteiger partial charge in [-0.15, -0.1) is 0 Å². The highest BCUT2D eigenvalue weighted by molar-refractivity contribution is 5.65. The van der Waals surface area contributed by atoms with Crippen molar-refractivity contribution in [2.24, 2.45) is 0 Å². The van der Waals surface area contributed by atoms with Gasteiger partial charge in [0, 0.05) is 36.5 Å². The fourth-order valence-corrected chi connectivity index (χ4v) is 3.31. The number of rotatable bonds is 2. The molecule has 0 aromatic carbocycles. The molecule has 0 radical (unpaired) electrons. The van der Waals surface area contributed by atoms with E-state index in [1.165, 1.54) is 23.2 Å². The first kappa shape index (κ1) is 15.1. The third-order valence-electron chi connectivity index (χ3n) is 4.63. The molecule has 1 aromatic rings. The molecule has 1 N–H and O–H groups in total. The van der Waals surface area contributed by atoms with Crippen LogP contribution in [0, 0.1) is 0 Å². The Hall–Kier alpha value is -1.76. The lowest BCUT2D eigenvalue weighted by Gasteiger charge is -2.37. The Morgan fingerprint density at radius 2 is 2.18 bits per heavy atom. The minimum Gasteiger partial charge on any atom is -0.465 e. The summed E-state index contributed by atoms with van der Waals surface area (Å²) in [6.07, 6.45) is -0.00326. The van der Waals surface area contributed by atoms with Crippen LogP contribution in [0.2, 0.25) is 0 Å². The number of piperidine rings is 1. The molecule has 2 aliphatic heterocycles. The van der Waals surface area contributed by atoms with Crippen LogP contribution in [0.25, 0.3) is 0 Å². The van der Waals surface area contributed by atoms with E-state index < -0.39 is 12.5 Å². The molecule has 120 valence electrons. The van der Waals surface area contributed by atoms with Gasteiger partial charge in [-0.1, -0.05) is 0 Å². The van der Waals surface area contributed by atoms with Gasteiger partial charge in [0.25, 0.3) is 6.43 Å². The van der Waals surface area contributed by atoms with Gasteiger partial charge in [-0.2, -0.15) is 0 Å². The van der Waals surface area contributed by atoms with E-state index in [0.29, 0.717) is 44.7 Å². The van der Waals surface area contributed by atoms with Crippen molar-refractivity contribution >= 4 is 6.09 Å². The maximum absolute atomic E-state index is 12.8. The van der Waals surface area contributed by atoms with Gasteiger partial charge in [-0.05, 0) is 31.4 Å². The maximum Gasteiger partial charge on any atom is 0.407 e. The second-order valence-electron chi connectivity index (χ2n) is 5.98. The summed E-state index contributed by atoms with van der Waals surface area (Å²) in [6, 6.07) is 2.77. The van der Waals surface area contributed by atoms with Gasteiger partial charge in [0.2, 0.25) is 0 Å². The van der Waals surface area contributed by atoms with Gasteiger partial charge in [0.15, 0.2) is 0 Å². The molecule has 5 nitrogen and oxygen atoms in total. The van der Waals surface area contributed by atoms with E-state index in [9.17, 15) is 13.6 Å². The minimum atomic E-state index is -2.50. The van der Waals surface area contributed by atoms with Crippen LogP contribution in [0.5, 0.6) is 0 Å². The minimum absolute atomic E-state index is 0.00456. The fraction of sp³-hybridized carbons (Fsp3) is 0.600. The second kappa shape index (κ2) is 5.79. The molecule has 0 aliphatic carbocycles. The molecule has 0 bridgehead atoms. The summed E-state index contributed by atoms with van der Waals surface area (Å²) >= 11 is 0. The Balaban J connectivity index is 1.68. The quantitative estimate of drug-likeness (QED) is 0.912. The first-order valence-corrected chi connectivity index (χ1v) is 7.35. The van der Waals surface area contributed by atoms with Gasteiger partial charge in [-0.25, -0.2) is 13.6 Å². The number of carbonyl (C=O) groups is 1. The molecule has 3 heterocycles. The van der Waals surface area contributed by atoms with E-state index in [1.807, 2.05) is 0 Å². The van der Waals surface area contributed by atoms with Crippen molar-refractivity contribution in [3.63, 3.8) is 0 Å². The van der Waals surface area contributed by atoms with Gasteiger partial charge in [0.1, 0.15) is 0 Å². The van der Waals surface area contributed by atoms with Crippen molar-refractivity contribution in [3.8, 4) is 0 Å². The van der Waals surface area contributed by atoms with E-state index in [1.54, 1.807) is 0 Å². The molecular weight excluding hydrogens is 294 g/mol. The fourth-order valence-electron chi connectivity index (χ4n) is 3.31. The number of halogens is 2. The highest BCUT2D eigenvalue weighted by Crippen LogP contribution is 2.42. The highest BCUT2D eigenvalue weighted by atomic mass is 19.3. The van der Waals surface area contributed by atoms with Crippen LogP contribution in [0.3, 0.4) is 0 Å². The SMILES string of the molecule is O=C(O)N1CCC2(CC1)CC(c1cc(C(F)F)ccn1)CO2. The molecule has 1 atom stereocenters. The normalized spacial score (nSPS) is 24.1. The molecule has 2 fully saturated rings. The number of nitrogens with zero attached hydrogens (tertiary/aromatic N) is 2. The first-order valence-electron chi connectivity index (χ1n) is 7.35. The maximum atomic E-state index is 12.8. The highest BCUT2D eigenvalue weighted by Gasteiger charge is 2.44. The van der Waals surface area contributed by atoms with Crippen molar-refractivity contribution in [3.05, 3.63) is 29.6 Å². The Morgan fingerprint density at radius 3 is 2.82 bits per heavy atom. The predicted molar refractivity (Wildman–Crippen MR) is 74.1 cm³/mol. The topological polar surface area (TPSA) is 62.7 Å². The summed E-state index contributed by atoms with van der Waals surface area (Å²) in [5.74, 6) is -0.00456. The standard InChI is InChI=1S/C15H18F2N2O3/c16-13(17)10-1-4-18-12(7-10)11-8-15(22-9-11)2-5-19(6-3-15)14(20)21/h1,4,7,11,13H,2-3,5-6,8-9H2,(H,20,21). The summed E-state index contributed by atoms with van der Waals surface area (Å²) in [5, 5.41) is 8.99. The van der Waals surface area contributed by atoms with Gasteiger partial charge in [0.05, 0.1) is 12.2 Å². The number of aromatic nitrogens is 1. The molecule has 2 saturated heterocycles. The molecule has 1 amide bonds. The molecule has 2 aliphatic rings. The van der Waals surface area contributed by atoms with E-state index in [-0.39, 0.29) is 17.1 Å². The van der Waals surface area contributed by atoms with Crippen molar-refractivity contribution in [1.29, 1.82) is 0 Å². The number of amides is 1. The van der Waals surface area contributed by atoms with Crippen LogP contribution in [0.15, 0.2) is 18.3 Å². The molecular formula is C15H18F2N2O3. The van der Waals surface area contributed by atoms with Crippen molar-refractivity contribution in [2.45, 2.75) is 37.2 Å². The summed E-state index contributed by atoms with van der Waals surface area (Å²) in [6.45, 7) is 1.35. The summed E-state index contributed by atoms with van der Waals surface area (Å²) < 4.78 is 31.5. The van der Waals surface area contributed by atoms with E-state index in [2.05, 4.69) is 4.98 Å². The lowest BCUT2D eigenvalue weighted by atomic mass is 9.84. The number of likely N-dealkylation sites (tertiary alicyclic amines) is 1. The molecule has 1 unspecified atom stereocenters. The lowest BCUT2D eigenvalue weighted by Crippen LogP contribution is -2.45. The first-order chi connectivity index (χ1) is 10.5. The van der Waals surface area contributed by atoms with Crippen LogP contribution < -0.4 is 0 Å². The van der Waals surface area contributed by atoms with Crippen LogP contribution in [-0.4, -0.2) is 46.4 Å². The summed E-state index contributed by atoms with van der Waals surface area (Å²) in [5.41, 5.74) is 0.279. The van der Waals surface area contributed by atoms with Gasteiger partial charge in [-0.3, -0.25) is 4.98 Å². The van der Waals surface area contributed by atoms with Crippen molar-refractivity contribution in [2.75, 3.05) is 19.7 Å². The van der Waals surface area contributed by atoms with Crippen LogP contribution in [0.1, 0.15) is 42.9 Å². The van der Waals surface area contributed by atoms with E-state index in [4.69, 9.17) is 9.84 Å². The number of carboxylic acid groups (broad SMARTS) is 1. The zero-order valence-corrected chi connectivity index (χ0v) is 12.0. The van der Waals surface area contributed by atoms with E-state index >= 15 is 0 Å². The number of ether oxygens (including phenoxy) is 1. The Morgan fingerprint density at radius 1 is 1.45 bits per heavy atom. The molecule has 7 heteroatoms. The molecule has 1 spiro atoms. The van der Waals surface area contributed by atoms with Crippen LogP contribution in [0.4, 0.5) is 13.6 Å². The molecule has 1 aromatic heterocycles. The van der Waals surface area contributed by atoms with Gasteiger partial charge >= 0.3 is 6.09 Å². The Kier molecular flexibility index (Phi) is 3.99. The average molecular weight is 312 g/mol. The van der Waals surface area contributed by atoms with E-state index in [0.717, 1.165) is 0 Å². The number of hydrogen-bond donors (Lipinski definition) is 1. The Bertz CT molecular complexity index is 559. The largest absolute Gasteiger partial charge is 0.465 e. The molecule has 0 saturated carbocycles. The van der Waals surface area contributed by atoms with Crippen LogP contribution >= 0.6 is 0 Å². The predicted octanol–water partition coefficient (Wildman–Crippen LogP) is 3.04. The van der Waals surface area contributed by atoms with Crippen molar-refractivity contribution < 1.29 is 23.4 Å². The summed E-state index contributed by atoms with van der Waals surface area (Å²) in [7, 11) is 0. The monoisotopic (exact) mass is 312 g/mol. The zero-order chi connectivity index (χ0) is 15.7. The van der Waals surface area contributed by atoms with Crippen molar-refractivity contribution in [1.82, 2.24) is 9.88 Å². The summed E-state index contributed by atoms with van der Waals surface area (Å²) in [4.78, 5) is 16.5. The lowest BCUT2D eigenvalue weighted by molar-refractivity contribution is -0.0394. The Labute approximate surface area is 126 Å². The number of hydrogen-bond acceptors (Lipinski definition) is 3. The third-order valence-corrected chi connectivity index (χ3v) is 4.63.